The van der Waals surface area contributed by atoms with Crippen molar-refractivity contribution in [2.24, 2.45) is 0 Å². The van der Waals surface area contributed by atoms with Crippen LogP contribution in [0, 0.1) is 0 Å². The molecule has 3 rings (SSSR count). The van der Waals surface area contributed by atoms with Crippen LogP contribution in [0.25, 0.3) is 10.9 Å². The minimum atomic E-state index is -1.04. The fraction of sp³-hybridized carbons (Fsp3) is 0.158. The molecule has 2 aromatic heterocycles. The van der Waals surface area contributed by atoms with Crippen LogP contribution in [0.2, 0.25) is 10.0 Å². The second-order valence-electron chi connectivity index (χ2n) is 5.99. The Hall–Kier alpha value is -2.90. The molecule has 0 spiro atoms. The van der Waals surface area contributed by atoms with Gasteiger partial charge in [-0.2, -0.15) is 0 Å². The fourth-order valence-electron chi connectivity index (χ4n) is 2.65. The number of esters is 1. The first-order valence-electron chi connectivity index (χ1n) is 8.22. The number of pyridine rings is 1. The Kier molecular flexibility index (Phi) is 5.67. The summed E-state index contributed by atoms with van der Waals surface area (Å²) in [5.41, 5.74) is 1.000. The third kappa shape index (κ3) is 4.16. The molecular weight excluding hydrogens is 405 g/mol. The second-order valence-corrected chi connectivity index (χ2v) is 6.87. The number of nitrogens with zero attached hydrogens (tertiary/aromatic N) is 1. The molecule has 0 aliphatic carbocycles. The zero-order valence-corrected chi connectivity index (χ0v) is 16.4. The molecule has 1 amide bonds. The number of hydrogen-bond donors (Lipinski definition) is 2. The highest BCUT2D eigenvalue weighted by atomic mass is 35.5. The van der Waals surface area contributed by atoms with E-state index in [1.54, 1.807) is 24.3 Å². The lowest BCUT2D eigenvalue weighted by molar-refractivity contribution is -0.150. The minimum absolute atomic E-state index is 0.105. The molecule has 1 unspecified atom stereocenters. The Morgan fingerprint density at radius 3 is 2.54 bits per heavy atom. The zero-order chi connectivity index (χ0) is 20.4. The highest BCUT2D eigenvalue weighted by molar-refractivity contribution is 6.32. The van der Waals surface area contributed by atoms with Crippen molar-refractivity contribution in [2.75, 3.05) is 5.32 Å². The normalized spacial score (nSPS) is 11.9. The molecule has 3 aromatic rings. The highest BCUT2D eigenvalue weighted by Gasteiger charge is 2.24. The van der Waals surface area contributed by atoms with Crippen LogP contribution >= 0.6 is 23.2 Å². The third-order valence-electron chi connectivity index (χ3n) is 3.90. The molecule has 0 bridgehead atoms. The number of aromatic amines is 1. The van der Waals surface area contributed by atoms with E-state index in [1.807, 2.05) is 0 Å². The van der Waals surface area contributed by atoms with E-state index in [1.165, 1.54) is 26.1 Å². The molecule has 1 aromatic carbocycles. The van der Waals surface area contributed by atoms with E-state index in [4.69, 9.17) is 27.9 Å². The van der Waals surface area contributed by atoms with Gasteiger partial charge >= 0.3 is 5.97 Å². The van der Waals surface area contributed by atoms with Gasteiger partial charge in [0, 0.05) is 34.1 Å². The molecule has 0 aliphatic rings. The summed E-state index contributed by atoms with van der Waals surface area (Å²) in [6.07, 6.45) is 0.373. The molecule has 9 heteroatoms. The maximum atomic E-state index is 13.0. The average Bonchev–Trinajstić information content (AvgIpc) is 2.97. The number of ketones is 1. The van der Waals surface area contributed by atoms with Crippen LogP contribution in [0.15, 0.2) is 36.5 Å². The molecular formula is C19H15Cl2N3O4. The van der Waals surface area contributed by atoms with Crippen LogP contribution in [0.1, 0.15) is 30.0 Å². The topological polar surface area (TPSA) is 101 Å². The summed E-state index contributed by atoms with van der Waals surface area (Å²) in [6.45, 7) is 2.64. The van der Waals surface area contributed by atoms with Crippen molar-refractivity contribution in [3.63, 3.8) is 0 Å². The number of hydrogen-bond acceptors (Lipinski definition) is 5. The monoisotopic (exact) mass is 419 g/mol. The van der Waals surface area contributed by atoms with Gasteiger partial charge in [-0.1, -0.05) is 23.2 Å². The number of ether oxygens (including phenoxy) is 1. The van der Waals surface area contributed by atoms with Crippen molar-refractivity contribution in [1.29, 1.82) is 0 Å². The lowest BCUT2D eigenvalue weighted by Crippen LogP contribution is -2.29. The maximum Gasteiger partial charge on any atom is 0.303 e. The van der Waals surface area contributed by atoms with Crippen LogP contribution in [0.4, 0.5) is 5.69 Å². The van der Waals surface area contributed by atoms with Crippen LogP contribution in [-0.2, 0) is 14.3 Å². The first kappa shape index (κ1) is 19.9. The van der Waals surface area contributed by atoms with Gasteiger partial charge in [-0.25, -0.2) is 0 Å². The number of nitrogens with one attached hydrogen (secondary N) is 2. The van der Waals surface area contributed by atoms with Crippen LogP contribution < -0.4 is 5.32 Å². The summed E-state index contributed by atoms with van der Waals surface area (Å²) in [5.74, 6) is -1.64. The molecule has 0 saturated heterocycles. The van der Waals surface area contributed by atoms with E-state index in [0.717, 1.165) is 0 Å². The van der Waals surface area contributed by atoms with E-state index < -0.39 is 23.8 Å². The number of aromatic nitrogens is 2. The van der Waals surface area contributed by atoms with Gasteiger partial charge in [-0.3, -0.25) is 19.4 Å². The summed E-state index contributed by atoms with van der Waals surface area (Å²) in [6, 6.07) is 7.91. The zero-order valence-electron chi connectivity index (χ0n) is 14.9. The lowest BCUT2D eigenvalue weighted by Gasteiger charge is -2.13. The van der Waals surface area contributed by atoms with E-state index in [0.29, 0.717) is 20.9 Å². The third-order valence-corrected chi connectivity index (χ3v) is 4.37. The number of carbonyl (C=O) groups is 3. The second kappa shape index (κ2) is 8.00. The summed E-state index contributed by atoms with van der Waals surface area (Å²) in [7, 11) is 0. The summed E-state index contributed by atoms with van der Waals surface area (Å²) in [4.78, 5) is 43.5. The van der Waals surface area contributed by atoms with Crippen molar-refractivity contribution >= 4 is 57.5 Å². The largest absolute Gasteiger partial charge is 0.453 e. The van der Waals surface area contributed by atoms with Gasteiger partial charge in [0.15, 0.2) is 6.10 Å². The van der Waals surface area contributed by atoms with Gasteiger partial charge in [0.1, 0.15) is 11.4 Å². The van der Waals surface area contributed by atoms with E-state index in [-0.39, 0.29) is 17.1 Å². The number of H-pyrrole nitrogens is 1. The predicted octanol–water partition coefficient (Wildman–Crippen LogP) is 3.99. The van der Waals surface area contributed by atoms with Gasteiger partial charge in [0.25, 0.3) is 5.91 Å². The average molecular weight is 420 g/mol. The van der Waals surface area contributed by atoms with Crippen molar-refractivity contribution < 1.29 is 19.1 Å². The van der Waals surface area contributed by atoms with Crippen LogP contribution in [0.5, 0.6) is 0 Å². The summed E-state index contributed by atoms with van der Waals surface area (Å²) < 4.78 is 4.90. The molecule has 0 fully saturated rings. The predicted molar refractivity (Wildman–Crippen MR) is 106 cm³/mol. The van der Waals surface area contributed by atoms with Crippen molar-refractivity contribution in [3.05, 3.63) is 58.0 Å². The minimum Gasteiger partial charge on any atom is -0.453 e. The first-order chi connectivity index (χ1) is 13.3. The van der Waals surface area contributed by atoms with Gasteiger partial charge in [0.05, 0.1) is 5.69 Å². The SMILES string of the molecule is CC(=O)OC(C)C(=O)Nc1c(C(=O)c2cc(Cl)ccn2)[nH]c2cc(Cl)ccc12. The number of benzene rings is 1. The van der Waals surface area contributed by atoms with Crippen molar-refractivity contribution in [1.82, 2.24) is 9.97 Å². The van der Waals surface area contributed by atoms with E-state index >= 15 is 0 Å². The van der Waals surface area contributed by atoms with Crippen LogP contribution in [0.3, 0.4) is 0 Å². The molecule has 7 nitrogen and oxygen atoms in total. The molecule has 2 heterocycles. The Morgan fingerprint density at radius 2 is 1.86 bits per heavy atom. The molecule has 0 saturated carbocycles. The Bertz CT molecular complexity index is 1090. The molecule has 2 N–H and O–H groups in total. The van der Waals surface area contributed by atoms with Crippen LogP contribution in [-0.4, -0.2) is 33.7 Å². The maximum absolute atomic E-state index is 13.0. The van der Waals surface area contributed by atoms with Crippen molar-refractivity contribution in [3.8, 4) is 0 Å². The fourth-order valence-corrected chi connectivity index (χ4v) is 2.99. The Balaban J connectivity index is 2.06. The number of rotatable bonds is 5. The van der Waals surface area contributed by atoms with Gasteiger partial charge in [0.2, 0.25) is 5.78 Å². The number of halogens is 2. The highest BCUT2D eigenvalue weighted by Crippen LogP contribution is 2.31. The summed E-state index contributed by atoms with van der Waals surface area (Å²) in [5, 5.41) is 4.03. The van der Waals surface area contributed by atoms with E-state index in [9.17, 15) is 14.4 Å². The molecule has 0 radical (unpaired) electrons. The number of amides is 1. The van der Waals surface area contributed by atoms with E-state index in [2.05, 4.69) is 15.3 Å². The molecule has 1 atom stereocenters. The first-order valence-corrected chi connectivity index (χ1v) is 8.97. The van der Waals surface area contributed by atoms with Crippen molar-refractivity contribution in [2.45, 2.75) is 20.0 Å². The van der Waals surface area contributed by atoms with Gasteiger partial charge in [-0.05, 0) is 37.3 Å². The number of anilines is 1. The number of fused-ring (bicyclic) bond motifs is 1. The lowest BCUT2D eigenvalue weighted by atomic mass is 10.1. The Labute approximate surface area is 170 Å². The smallest absolute Gasteiger partial charge is 0.303 e. The molecule has 28 heavy (non-hydrogen) atoms. The van der Waals surface area contributed by atoms with Gasteiger partial charge < -0.3 is 15.0 Å². The molecule has 0 aliphatic heterocycles. The molecule has 144 valence electrons. The van der Waals surface area contributed by atoms with Gasteiger partial charge in [-0.15, -0.1) is 0 Å². The quantitative estimate of drug-likeness (QED) is 0.480. The standard InChI is InChI=1S/C19H15Cl2N3O4/c1-9(28-10(2)25)19(27)24-16-13-4-3-11(20)7-14(13)23-17(16)18(26)15-8-12(21)5-6-22-15/h3-9,23H,1-2H3,(H,24,27). The number of carbonyl (C=O) groups excluding carboxylic acids is 3. The summed E-state index contributed by atoms with van der Waals surface area (Å²) >= 11 is 12.0. The Morgan fingerprint density at radius 1 is 1.14 bits per heavy atom.